The highest BCUT2D eigenvalue weighted by atomic mass is 79.9. The Morgan fingerprint density at radius 2 is 1.97 bits per heavy atom. The molecule has 2 heterocycles. The smallest absolute Gasteiger partial charge is 0.344 e. The van der Waals surface area contributed by atoms with Crippen LogP contribution in [0.3, 0.4) is 0 Å². The quantitative estimate of drug-likeness (QED) is 0.347. The number of aromatic nitrogens is 2. The molecule has 4 rings (SSSR count). The fraction of sp³-hybridized carbons (Fsp3) is 0.435. The number of halogens is 1. The number of hydrogen-bond donors (Lipinski definition) is 1. The third-order valence-corrected chi connectivity index (χ3v) is 7.07. The summed E-state index contributed by atoms with van der Waals surface area (Å²) in [6.45, 7) is 4.07. The van der Waals surface area contributed by atoms with Gasteiger partial charge in [0.25, 0.3) is 5.56 Å². The average molecular weight is 521 g/mol. The number of carbonyl (C=O) groups excluding carboxylic acids is 1. The van der Waals surface area contributed by atoms with E-state index in [2.05, 4.69) is 20.9 Å². The zero-order chi connectivity index (χ0) is 22.7. The molecule has 0 saturated heterocycles. The number of hydrogen-bond acceptors (Lipinski definition) is 7. The van der Waals surface area contributed by atoms with Gasteiger partial charge in [-0.1, -0.05) is 6.42 Å². The van der Waals surface area contributed by atoms with E-state index < -0.39 is 5.97 Å². The van der Waals surface area contributed by atoms with Crippen LogP contribution in [0.1, 0.15) is 43.6 Å². The second-order valence-corrected chi connectivity index (χ2v) is 9.41. The number of aromatic amines is 1. The molecule has 1 N–H and O–H groups in total. The summed E-state index contributed by atoms with van der Waals surface area (Å²) in [6.07, 6.45) is 5.41. The molecule has 1 aliphatic carbocycles. The number of esters is 1. The fourth-order valence-electron chi connectivity index (χ4n) is 3.92. The molecular formula is C23H25BrN2O5S. The Bertz CT molecular complexity index is 1200. The molecule has 2 aromatic heterocycles. The summed E-state index contributed by atoms with van der Waals surface area (Å²) in [7, 11) is 0. The number of carbonyl (C=O) groups is 1. The molecule has 3 aromatic rings. The highest BCUT2D eigenvalue weighted by molar-refractivity contribution is 9.10. The fourth-order valence-corrected chi connectivity index (χ4v) is 5.74. The van der Waals surface area contributed by atoms with E-state index in [1.807, 2.05) is 6.92 Å². The maximum Gasteiger partial charge on any atom is 0.344 e. The third kappa shape index (κ3) is 4.68. The molecule has 0 atom stereocenters. The average Bonchev–Trinajstić information content (AvgIpc) is 2.95. The summed E-state index contributed by atoms with van der Waals surface area (Å²) in [4.78, 5) is 34.5. The molecule has 1 aromatic carbocycles. The Hall–Kier alpha value is -2.39. The summed E-state index contributed by atoms with van der Waals surface area (Å²) in [6, 6.07) is 3.56. The van der Waals surface area contributed by atoms with Gasteiger partial charge in [-0.25, -0.2) is 9.78 Å². The van der Waals surface area contributed by atoms with Crippen molar-refractivity contribution in [2.75, 3.05) is 19.8 Å². The molecule has 1 aliphatic rings. The number of rotatable bonds is 7. The molecule has 0 amide bonds. The zero-order valence-corrected chi connectivity index (χ0v) is 20.5. The van der Waals surface area contributed by atoms with Crippen LogP contribution in [0.15, 0.2) is 21.4 Å². The van der Waals surface area contributed by atoms with Crippen molar-refractivity contribution in [3.63, 3.8) is 0 Å². The van der Waals surface area contributed by atoms with Gasteiger partial charge >= 0.3 is 5.97 Å². The standard InChI is InChI=1S/C23H25BrN2O5S/c1-3-29-16-11-13(10-15(24)20(16)31-12-18(27)30-4-2)21-25-22(28)19-14-8-6-5-7-9-17(14)32-23(19)26-21/h10-11H,3-9,12H2,1-2H3,(H,25,26,28). The van der Waals surface area contributed by atoms with Gasteiger partial charge in [0, 0.05) is 10.4 Å². The van der Waals surface area contributed by atoms with E-state index in [1.54, 1.807) is 30.4 Å². The largest absolute Gasteiger partial charge is 0.490 e. The lowest BCUT2D eigenvalue weighted by molar-refractivity contribution is -0.145. The van der Waals surface area contributed by atoms with E-state index in [1.165, 1.54) is 16.9 Å². The van der Waals surface area contributed by atoms with Crippen LogP contribution in [0.5, 0.6) is 11.5 Å². The van der Waals surface area contributed by atoms with Gasteiger partial charge in [0.15, 0.2) is 18.1 Å². The van der Waals surface area contributed by atoms with E-state index in [0.29, 0.717) is 34.0 Å². The van der Waals surface area contributed by atoms with Gasteiger partial charge in [0.05, 0.1) is 23.1 Å². The molecule has 32 heavy (non-hydrogen) atoms. The van der Waals surface area contributed by atoms with Gasteiger partial charge in [-0.3, -0.25) is 4.79 Å². The van der Waals surface area contributed by atoms with Crippen molar-refractivity contribution < 1.29 is 19.0 Å². The Morgan fingerprint density at radius 3 is 2.75 bits per heavy atom. The number of H-pyrrole nitrogens is 1. The van der Waals surface area contributed by atoms with Crippen LogP contribution in [0.25, 0.3) is 21.6 Å². The summed E-state index contributed by atoms with van der Waals surface area (Å²) in [5, 5.41) is 0.731. The highest BCUT2D eigenvalue weighted by Gasteiger charge is 2.21. The van der Waals surface area contributed by atoms with E-state index in [4.69, 9.17) is 19.2 Å². The van der Waals surface area contributed by atoms with Gasteiger partial charge in [-0.2, -0.15) is 0 Å². The summed E-state index contributed by atoms with van der Waals surface area (Å²) in [5.41, 5.74) is 1.74. The molecule has 0 saturated carbocycles. The molecule has 0 spiro atoms. The number of nitrogens with one attached hydrogen (secondary N) is 1. The summed E-state index contributed by atoms with van der Waals surface area (Å²) in [5.74, 6) is 0.859. The second kappa shape index (κ2) is 10.0. The first-order chi connectivity index (χ1) is 15.5. The lowest BCUT2D eigenvalue weighted by Crippen LogP contribution is -2.15. The van der Waals surface area contributed by atoms with Gasteiger partial charge in [0.2, 0.25) is 0 Å². The first-order valence-corrected chi connectivity index (χ1v) is 12.4. The number of fused-ring (bicyclic) bond motifs is 3. The van der Waals surface area contributed by atoms with Crippen molar-refractivity contribution in [3.8, 4) is 22.9 Å². The van der Waals surface area contributed by atoms with Gasteiger partial charge < -0.3 is 19.2 Å². The molecule has 7 nitrogen and oxygen atoms in total. The summed E-state index contributed by atoms with van der Waals surface area (Å²) >= 11 is 5.13. The summed E-state index contributed by atoms with van der Waals surface area (Å²) < 4.78 is 16.9. The minimum absolute atomic E-state index is 0.110. The molecule has 0 fully saturated rings. The zero-order valence-electron chi connectivity index (χ0n) is 18.1. The van der Waals surface area contributed by atoms with Gasteiger partial charge in [-0.15, -0.1) is 11.3 Å². The number of nitrogens with zero attached hydrogens (tertiary/aromatic N) is 1. The topological polar surface area (TPSA) is 90.5 Å². The first kappa shape index (κ1) is 22.8. The van der Waals surface area contributed by atoms with Gasteiger partial charge in [-0.05, 0) is 73.2 Å². The van der Waals surface area contributed by atoms with E-state index in [9.17, 15) is 9.59 Å². The van der Waals surface area contributed by atoms with Gasteiger partial charge in [0.1, 0.15) is 10.7 Å². The third-order valence-electron chi connectivity index (χ3n) is 5.30. The second-order valence-electron chi connectivity index (χ2n) is 7.47. The van der Waals surface area contributed by atoms with Crippen molar-refractivity contribution >= 4 is 43.5 Å². The number of ether oxygens (including phenoxy) is 3. The Labute approximate surface area is 198 Å². The van der Waals surface area contributed by atoms with Crippen LogP contribution < -0.4 is 15.0 Å². The van der Waals surface area contributed by atoms with Crippen molar-refractivity contribution in [2.24, 2.45) is 0 Å². The van der Waals surface area contributed by atoms with Crippen LogP contribution in [0.4, 0.5) is 0 Å². The van der Waals surface area contributed by atoms with Crippen LogP contribution >= 0.6 is 27.3 Å². The van der Waals surface area contributed by atoms with Crippen molar-refractivity contribution in [2.45, 2.75) is 46.0 Å². The predicted molar refractivity (Wildman–Crippen MR) is 128 cm³/mol. The number of benzene rings is 1. The number of aryl methyl sites for hydroxylation is 2. The van der Waals surface area contributed by atoms with E-state index >= 15 is 0 Å². The molecule has 9 heteroatoms. The molecule has 170 valence electrons. The lowest BCUT2D eigenvalue weighted by Gasteiger charge is -2.15. The molecule has 0 aliphatic heterocycles. The minimum atomic E-state index is -0.458. The minimum Gasteiger partial charge on any atom is -0.490 e. The van der Waals surface area contributed by atoms with E-state index in [0.717, 1.165) is 35.9 Å². The molecular weight excluding hydrogens is 496 g/mol. The van der Waals surface area contributed by atoms with E-state index in [-0.39, 0.29) is 18.8 Å². The van der Waals surface area contributed by atoms with Crippen LogP contribution in [-0.2, 0) is 22.4 Å². The van der Waals surface area contributed by atoms with Crippen LogP contribution in [0.2, 0.25) is 0 Å². The maximum atomic E-state index is 13.0. The SMILES string of the molecule is CCOC(=O)COc1c(Br)cc(-c2nc3sc4c(c3c(=O)[nH]2)CCCCC4)cc1OCC. The monoisotopic (exact) mass is 520 g/mol. The Balaban J connectivity index is 1.73. The molecule has 0 radical (unpaired) electrons. The Kier molecular flexibility index (Phi) is 7.15. The van der Waals surface area contributed by atoms with Crippen molar-refractivity contribution in [3.05, 3.63) is 37.4 Å². The lowest BCUT2D eigenvalue weighted by atomic mass is 10.1. The predicted octanol–water partition coefficient (Wildman–Crippen LogP) is 5.02. The normalized spacial score (nSPS) is 13.5. The van der Waals surface area contributed by atoms with Crippen LogP contribution in [0, 0.1) is 0 Å². The van der Waals surface area contributed by atoms with Crippen molar-refractivity contribution in [1.29, 1.82) is 0 Å². The maximum absolute atomic E-state index is 13.0. The van der Waals surface area contributed by atoms with Crippen LogP contribution in [-0.4, -0.2) is 35.8 Å². The van der Waals surface area contributed by atoms with Crippen molar-refractivity contribution in [1.82, 2.24) is 9.97 Å². The molecule has 0 bridgehead atoms. The number of thiophene rings is 1. The molecule has 0 unspecified atom stereocenters. The first-order valence-electron chi connectivity index (χ1n) is 10.8. The Morgan fingerprint density at radius 1 is 1.16 bits per heavy atom. The highest BCUT2D eigenvalue weighted by Crippen LogP contribution is 2.40.